The molecule has 0 aliphatic carbocycles. The van der Waals surface area contributed by atoms with E-state index >= 15 is 0 Å². The summed E-state index contributed by atoms with van der Waals surface area (Å²) in [6, 6.07) is 0. The van der Waals surface area contributed by atoms with Crippen LogP contribution in [-0.4, -0.2) is 11.7 Å². The van der Waals surface area contributed by atoms with Crippen LogP contribution in [0.25, 0.3) is 0 Å². The van der Waals surface area contributed by atoms with Crippen molar-refractivity contribution in [2.45, 2.75) is 33.1 Å². The highest BCUT2D eigenvalue weighted by atomic mass is 32.1. The Morgan fingerprint density at radius 2 is 2.00 bits per heavy atom. The predicted octanol–water partition coefficient (Wildman–Crippen LogP) is 2.54. The number of rotatable bonds is 4. The molecule has 0 rings (SSSR count). The molecule has 0 N–H and O–H groups in total. The van der Waals surface area contributed by atoms with Gasteiger partial charge in [0.25, 0.3) is 0 Å². The average Bonchev–Trinajstić information content (AvgIpc) is 1.85. The lowest BCUT2D eigenvalue weighted by Crippen LogP contribution is -2.01. The average molecular weight is 146 g/mol. The Morgan fingerprint density at radius 1 is 1.33 bits per heavy atom. The van der Waals surface area contributed by atoms with Crippen LogP contribution in [0.1, 0.15) is 33.1 Å². The number of hydrogen-bond acceptors (Lipinski definition) is 2. The van der Waals surface area contributed by atoms with Gasteiger partial charge >= 0.3 is 0 Å². The van der Waals surface area contributed by atoms with E-state index in [0.717, 1.165) is 30.9 Å². The number of thiocarbonyl (C=S) groups is 1. The van der Waals surface area contributed by atoms with E-state index in [1.807, 2.05) is 0 Å². The molecule has 0 heterocycles. The third-order valence-corrected chi connectivity index (χ3v) is 1.24. The van der Waals surface area contributed by atoms with Crippen molar-refractivity contribution in [2.75, 3.05) is 6.61 Å². The molecule has 2 heteroatoms. The molecule has 0 aromatic carbocycles. The maximum Gasteiger partial charge on any atom is 0.159 e. The van der Waals surface area contributed by atoms with Gasteiger partial charge in [-0.25, -0.2) is 0 Å². The molecule has 0 radical (unpaired) electrons. The predicted molar refractivity (Wildman–Crippen MR) is 43.7 cm³/mol. The van der Waals surface area contributed by atoms with Gasteiger partial charge in [-0.3, -0.25) is 0 Å². The van der Waals surface area contributed by atoms with Gasteiger partial charge in [-0.15, -0.1) is 0 Å². The lowest BCUT2D eigenvalue weighted by Gasteiger charge is -2.02. The van der Waals surface area contributed by atoms with Crippen LogP contribution < -0.4 is 0 Å². The molecule has 0 aromatic heterocycles. The minimum Gasteiger partial charge on any atom is -0.487 e. The minimum absolute atomic E-state index is 0.763. The van der Waals surface area contributed by atoms with Gasteiger partial charge in [0.15, 0.2) is 5.05 Å². The molecule has 0 aromatic rings. The molecule has 0 saturated heterocycles. The Kier molecular flexibility index (Phi) is 5.94. The first kappa shape index (κ1) is 8.89. The molecule has 0 amide bonds. The standard InChI is InChI=1S/C7H14OS/c1-3-5-7(9)8-6-4-2/h3-6H2,1-2H3. The zero-order valence-electron chi connectivity index (χ0n) is 6.14. The van der Waals surface area contributed by atoms with Crippen LogP contribution in [0.15, 0.2) is 0 Å². The van der Waals surface area contributed by atoms with Crippen LogP contribution in [0.3, 0.4) is 0 Å². The molecular weight excluding hydrogens is 132 g/mol. The van der Waals surface area contributed by atoms with Gasteiger partial charge in [0.1, 0.15) is 0 Å². The van der Waals surface area contributed by atoms with Crippen molar-refractivity contribution < 1.29 is 4.74 Å². The van der Waals surface area contributed by atoms with E-state index in [9.17, 15) is 0 Å². The molecule has 0 saturated carbocycles. The molecule has 0 aliphatic rings. The summed E-state index contributed by atoms with van der Waals surface area (Å²) in [6.45, 7) is 4.95. The SMILES string of the molecule is CCCOC(=S)CCC. The molecule has 0 unspecified atom stereocenters. The largest absolute Gasteiger partial charge is 0.487 e. The molecule has 0 bridgehead atoms. The number of ether oxygens (including phenoxy) is 1. The molecule has 1 nitrogen and oxygen atoms in total. The molecule has 54 valence electrons. The normalized spacial score (nSPS) is 9.11. The maximum absolute atomic E-state index is 5.16. The first-order valence-corrected chi connectivity index (χ1v) is 3.87. The third kappa shape index (κ3) is 5.77. The van der Waals surface area contributed by atoms with E-state index in [1.165, 1.54) is 0 Å². The Balaban J connectivity index is 3.06. The van der Waals surface area contributed by atoms with Crippen molar-refractivity contribution in [3.05, 3.63) is 0 Å². The van der Waals surface area contributed by atoms with E-state index < -0.39 is 0 Å². The molecular formula is C7H14OS. The van der Waals surface area contributed by atoms with Gasteiger partial charge in [0, 0.05) is 6.42 Å². The highest BCUT2D eigenvalue weighted by molar-refractivity contribution is 7.80. The summed E-state index contributed by atoms with van der Waals surface area (Å²) in [4.78, 5) is 0. The van der Waals surface area contributed by atoms with Crippen molar-refractivity contribution >= 4 is 17.3 Å². The molecule has 0 fully saturated rings. The van der Waals surface area contributed by atoms with Gasteiger partial charge in [-0.1, -0.05) is 13.8 Å². The van der Waals surface area contributed by atoms with E-state index in [0.29, 0.717) is 0 Å². The van der Waals surface area contributed by atoms with E-state index in [-0.39, 0.29) is 0 Å². The van der Waals surface area contributed by atoms with Crippen molar-refractivity contribution in [3.8, 4) is 0 Å². The topological polar surface area (TPSA) is 9.23 Å². The highest BCUT2D eigenvalue weighted by Crippen LogP contribution is 1.94. The number of hydrogen-bond donors (Lipinski definition) is 0. The van der Waals surface area contributed by atoms with Crippen molar-refractivity contribution in [1.82, 2.24) is 0 Å². The summed E-state index contributed by atoms with van der Waals surface area (Å²) in [7, 11) is 0. The zero-order chi connectivity index (χ0) is 7.11. The van der Waals surface area contributed by atoms with Crippen molar-refractivity contribution in [1.29, 1.82) is 0 Å². The Bertz CT molecular complexity index is 81.0. The van der Waals surface area contributed by atoms with Crippen molar-refractivity contribution in [2.24, 2.45) is 0 Å². The summed E-state index contributed by atoms with van der Waals surface area (Å²) < 4.78 is 5.16. The molecule has 0 spiro atoms. The Hall–Kier alpha value is -0.110. The van der Waals surface area contributed by atoms with Gasteiger partial charge < -0.3 is 4.74 Å². The van der Waals surface area contributed by atoms with Crippen LogP contribution in [-0.2, 0) is 4.74 Å². The second kappa shape index (κ2) is 6.02. The Morgan fingerprint density at radius 3 is 2.44 bits per heavy atom. The lowest BCUT2D eigenvalue weighted by atomic mass is 10.4. The quantitative estimate of drug-likeness (QED) is 0.564. The smallest absolute Gasteiger partial charge is 0.159 e. The first-order valence-electron chi connectivity index (χ1n) is 3.46. The van der Waals surface area contributed by atoms with E-state index in [4.69, 9.17) is 17.0 Å². The minimum atomic E-state index is 0.763. The second-order valence-electron chi connectivity index (χ2n) is 1.97. The molecule has 0 aliphatic heterocycles. The van der Waals surface area contributed by atoms with Crippen LogP contribution in [0, 0.1) is 0 Å². The van der Waals surface area contributed by atoms with Gasteiger partial charge in [0.2, 0.25) is 0 Å². The highest BCUT2D eigenvalue weighted by Gasteiger charge is 1.91. The van der Waals surface area contributed by atoms with E-state index in [1.54, 1.807) is 0 Å². The zero-order valence-corrected chi connectivity index (χ0v) is 6.96. The second-order valence-corrected chi connectivity index (χ2v) is 2.43. The van der Waals surface area contributed by atoms with Crippen LogP contribution in [0.5, 0.6) is 0 Å². The van der Waals surface area contributed by atoms with E-state index in [2.05, 4.69) is 13.8 Å². The summed E-state index contributed by atoms with van der Waals surface area (Å²) in [5.74, 6) is 0. The summed E-state index contributed by atoms with van der Waals surface area (Å²) >= 11 is 4.90. The lowest BCUT2D eigenvalue weighted by molar-refractivity contribution is 0.304. The van der Waals surface area contributed by atoms with Gasteiger partial charge in [0.05, 0.1) is 6.61 Å². The molecule has 9 heavy (non-hydrogen) atoms. The fourth-order valence-corrected chi connectivity index (χ4v) is 0.780. The summed E-state index contributed by atoms with van der Waals surface area (Å²) in [5, 5.41) is 0.763. The first-order chi connectivity index (χ1) is 4.31. The summed E-state index contributed by atoms with van der Waals surface area (Å²) in [5.41, 5.74) is 0. The third-order valence-electron chi connectivity index (χ3n) is 0.921. The fourth-order valence-electron chi connectivity index (χ4n) is 0.492. The maximum atomic E-state index is 5.16. The Labute approximate surface area is 62.4 Å². The summed E-state index contributed by atoms with van der Waals surface area (Å²) in [6.07, 6.45) is 3.06. The monoisotopic (exact) mass is 146 g/mol. The fraction of sp³-hybridized carbons (Fsp3) is 0.857. The van der Waals surface area contributed by atoms with Crippen LogP contribution in [0.2, 0.25) is 0 Å². The van der Waals surface area contributed by atoms with Gasteiger partial charge in [-0.05, 0) is 25.1 Å². The van der Waals surface area contributed by atoms with Crippen LogP contribution >= 0.6 is 12.2 Å². The molecule has 0 atom stereocenters. The van der Waals surface area contributed by atoms with Crippen LogP contribution in [0.4, 0.5) is 0 Å². The van der Waals surface area contributed by atoms with Crippen molar-refractivity contribution in [3.63, 3.8) is 0 Å². The van der Waals surface area contributed by atoms with Gasteiger partial charge in [-0.2, -0.15) is 0 Å².